The van der Waals surface area contributed by atoms with Crippen molar-refractivity contribution >= 4 is 55.9 Å². The van der Waals surface area contributed by atoms with Gasteiger partial charge in [0.25, 0.3) is 0 Å². The summed E-state index contributed by atoms with van der Waals surface area (Å²) in [6.07, 6.45) is 5.84. The lowest BCUT2D eigenvalue weighted by Crippen LogP contribution is -2.33. The van der Waals surface area contributed by atoms with Crippen molar-refractivity contribution in [2.75, 3.05) is 13.6 Å². The fraction of sp³-hybridized carbons (Fsp3) is 0.500. The van der Waals surface area contributed by atoms with Gasteiger partial charge in [-0.15, -0.1) is 0 Å². The van der Waals surface area contributed by atoms with E-state index in [9.17, 15) is 0 Å². The van der Waals surface area contributed by atoms with Gasteiger partial charge in [0.05, 0.1) is 19.8 Å². The Bertz CT molecular complexity index is 193. The molecule has 0 saturated heterocycles. The topological polar surface area (TPSA) is 12.4 Å². The third-order valence-corrected chi connectivity index (χ3v) is 1.51. The first-order chi connectivity index (χ1) is 5.77. The van der Waals surface area contributed by atoms with E-state index in [1.54, 1.807) is 0 Å². The molecule has 1 aliphatic heterocycles. The van der Waals surface area contributed by atoms with Gasteiger partial charge in [-0.2, -0.15) is 0 Å². The minimum Gasteiger partial charge on any atom is -0.391 e. The van der Waals surface area contributed by atoms with Crippen LogP contribution in [0.3, 0.4) is 0 Å². The molecule has 0 saturated carbocycles. The molecule has 0 bridgehead atoms. The monoisotopic (exact) mass is 278 g/mol. The highest BCUT2D eigenvalue weighted by molar-refractivity contribution is 7.81. The molecule has 1 atom stereocenters. The minimum atomic E-state index is -2.94. The van der Waals surface area contributed by atoms with Crippen LogP contribution < -0.4 is 0 Å². The predicted molar refractivity (Wildman–Crippen MR) is 63.5 cm³/mol. The molecule has 1 unspecified atom stereocenters. The number of quaternary nitrogens is 1. The molecule has 0 aromatic rings. The highest BCUT2D eigenvalue weighted by atomic mass is 35.9. The first-order valence-corrected chi connectivity index (χ1v) is 10.7. The molecule has 0 fully saturated rings. The Labute approximate surface area is 97.8 Å². The van der Waals surface area contributed by atoms with Crippen LogP contribution in [-0.4, -0.2) is 33.8 Å². The zero-order chi connectivity index (χ0) is 10.5. The zero-order valence-electron chi connectivity index (χ0n) is 7.42. The lowest BCUT2D eigenvalue weighted by atomic mass is 10.5. The van der Waals surface area contributed by atoms with Gasteiger partial charge in [0.2, 0.25) is 0 Å². The Morgan fingerprint density at radius 2 is 1.77 bits per heavy atom. The van der Waals surface area contributed by atoms with E-state index in [-0.39, 0.29) is 0 Å². The molecule has 1 aliphatic rings. The van der Waals surface area contributed by atoms with Crippen LogP contribution in [0.2, 0.25) is 0 Å². The number of hydrogen-bond donors (Lipinski definition) is 0. The first kappa shape index (κ1) is 14.1. The van der Waals surface area contributed by atoms with Crippen LogP contribution in [0.1, 0.15) is 6.92 Å². The highest BCUT2D eigenvalue weighted by Crippen LogP contribution is 2.23. The number of nitrogens with zero attached hydrogens (tertiary/aromatic N) is 2. The first-order valence-electron chi connectivity index (χ1n) is 3.71. The van der Waals surface area contributed by atoms with E-state index in [1.807, 2.05) is 12.5 Å². The lowest BCUT2D eigenvalue weighted by molar-refractivity contribution is -0.753. The Morgan fingerprint density at radius 3 is 1.92 bits per heavy atom. The van der Waals surface area contributed by atoms with E-state index in [0.29, 0.717) is 0 Å². The summed E-state index contributed by atoms with van der Waals surface area (Å²) < 4.78 is 0.847. The zero-order valence-corrected chi connectivity index (χ0v) is 11.6. The van der Waals surface area contributed by atoms with Crippen LogP contribution >= 0.6 is 40.2 Å². The molecule has 0 spiro atoms. The number of hydrogen-bond acceptors (Lipinski definition) is 1. The molecule has 0 amide bonds. The Morgan fingerprint density at radius 1 is 1.31 bits per heavy atom. The molecule has 7 heteroatoms. The van der Waals surface area contributed by atoms with Gasteiger partial charge in [-0.05, 0) is 6.92 Å². The quantitative estimate of drug-likeness (QED) is 0.516. The molecule has 0 aromatic heterocycles. The molecule has 13 heavy (non-hydrogen) atoms. The standard InChI is InChI=1S/C6H11N2.Al.4ClH/c1-3-8(2)5-4-7-6-8;;;;;/h4-6H,3H2,1-2H3;;4*1H/q+1;+3;;;;/p-4. The van der Waals surface area contributed by atoms with Gasteiger partial charge in [-0.3, -0.25) is 4.48 Å². The van der Waals surface area contributed by atoms with Gasteiger partial charge in [-0.25, -0.2) is 4.99 Å². The lowest BCUT2D eigenvalue weighted by Gasteiger charge is -2.18. The highest BCUT2D eigenvalue weighted by Gasteiger charge is 2.15. The molecular formula is C6H11AlCl4N2. The van der Waals surface area contributed by atoms with Gasteiger partial charge < -0.3 is 40.2 Å². The maximum Gasteiger partial charge on any atom is 0.564 e. The molecule has 0 radical (unpaired) electrons. The second kappa shape index (κ2) is 5.83. The van der Waals surface area contributed by atoms with Crippen molar-refractivity contribution in [2.45, 2.75) is 6.92 Å². The number of aliphatic imine (C=N–C) groups is 1. The van der Waals surface area contributed by atoms with Gasteiger partial charge >= 0.3 is 9.39 Å². The number of halogens is 4. The smallest absolute Gasteiger partial charge is 0.391 e. The molecule has 1 rings (SSSR count). The predicted octanol–water partition coefficient (Wildman–Crippen LogP) is 3.34. The van der Waals surface area contributed by atoms with Crippen molar-refractivity contribution in [3.8, 4) is 0 Å². The minimum absolute atomic E-state index is 0.847. The van der Waals surface area contributed by atoms with Crippen LogP contribution in [-0.2, 0) is 0 Å². The third-order valence-electron chi connectivity index (χ3n) is 1.51. The average Bonchev–Trinajstić information content (AvgIpc) is 2.34. The normalized spacial score (nSPS) is 25.7. The van der Waals surface area contributed by atoms with Crippen LogP contribution in [0.15, 0.2) is 17.4 Å². The van der Waals surface area contributed by atoms with Crippen molar-refractivity contribution in [1.82, 2.24) is 0 Å². The van der Waals surface area contributed by atoms with Gasteiger partial charge in [0.1, 0.15) is 6.20 Å². The fourth-order valence-electron chi connectivity index (χ4n) is 0.607. The maximum atomic E-state index is 4.99. The summed E-state index contributed by atoms with van der Waals surface area (Å²) in [4.78, 5) is 3.97. The number of rotatable bonds is 1. The summed E-state index contributed by atoms with van der Waals surface area (Å²) >= 11 is 0. The van der Waals surface area contributed by atoms with E-state index < -0.39 is 9.39 Å². The molecule has 0 N–H and O–H groups in total. The molecule has 0 aromatic carbocycles. The summed E-state index contributed by atoms with van der Waals surface area (Å²) in [6, 6.07) is 0. The summed E-state index contributed by atoms with van der Waals surface area (Å²) in [7, 11) is 19.1. The Balaban J connectivity index is 0.000000252. The van der Waals surface area contributed by atoms with Crippen molar-refractivity contribution in [3.05, 3.63) is 12.4 Å². The van der Waals surface area contributed by atoms with Gasteiger partial charge in [0, 0.05) is 0 Å². The largest absolute Gasteiger partial charge is 0.564 e. The molecule has 2 nitrogen and oxygen atoms in total. The second-order valence-corrected chi connectivity index (χ2v) is 15.6. The van der Waals surface area contributed by atoms with Crippen LogP contribution in [0.4, 0.5) is 0 Å². The Hall–Kier alpha value is 1.06. The van der Waals surface area contributed by atoms with Gasteiger partial charge in [-0.1, -0.05) is 0 Å². The molecular weight excluding hydrogens is 269 g/mol. The van der Waals surface area contributed by atoms with Crippen molar-refractivity contribution in [2.24, 2.45) is 4.99 Å². The summed E-state index contributed by atoms with van der Waals surface area (Å²) in [5, 5.41) is 0. The third kappa shape index (κ3) is 9.37. The van der Waals surface area contributed by atoms with E-state index in [0.717, 1.165) is 11.0 Å². The average molecular weight is 280 g/mol. The molecule has 1 heterocycles. The van der Waals surface area contributed by atoms with Crippen molar-refractivity contribution in [1.29, 1.82) is 0 Å². The van der Waals surface area contributed by atoms with E-state index in [1.165, 1.54) is 0 Å². The summed E-state index contributed by atoms with van der Waals surface area (Å²) in [5.74, 6) is 0. The van der Waals surface area contributed by atoms with E-state index >= 15 is 0 Å². The maximum absolute atomic E-state index is 4.99. The summed E-state index contributed by atoms with van der Waals surface area (Å²) in [6.45, 7) is 3.22. The van der Waals surface area contributed by atoms with Crippen LogP contribution in [0, 0.1) is 0 Å². The fourth-order valence-corrected chi connectivity index (χ4v) is 0.607. The van der Waals surface area contributed by atoms with Crippen LogP contribution in [0.25, 0.3) is 0 Å². The van der Waals surface area contributed by atoms with Crippen LogP contribution in [0.5, 0.6) is 0 Å². The van der Waals surface area contributed by atoms with E-state index in [2.05, 4.69) is 25.2 Å². The second-order valence-electron chi connectivity index (χ2n) is 2.72. The van der Waals surface area contributed by atoms with Crippen molar-refractivity contribution < 1.29 is 4.48 Å². The molecule has 0 aliphatic carbocycles. The Kier molecular flexibility index (Phi) is 6.30. The SMILES string of the molecule is CC[N+]1(C)C=CN=C1.[Cl][Al-]([Cl])([Cl])[Cl]. The molecule has 76 valence electrons. The summed E-state index contributed by atoms with van der Waals surface area (Å²) in [5.41, 5.74) is 0. The van der Waals surface area contributed by atoms with Crippen molar-refractivity contribution in [3.63, 3.8) is 0 Å². The van der Waals surface area contributed by atoms with E-state index in [4.69, 9.17) is 40.2 Å². The van der Waals surface area contributed by atoms with Gasteiger partial charge in [0.15, 0.2) is 6.34 Å².